The van der Waals surface area contributed by atoms with Crippen LogP contribution in [0.5, 0.6) is 0 Å². The molecule has 0 saturated carbocycles. The number of ether oxygens (including phenoxy) is 2. The van der Waals surface area contributed by atoms with Gasteiger partial charge in [-0.15, -0.1) is 0 Å². The number of nitrogens with one attached hydrogen (secondary N) is 1. The minimum atomic E-state index is 0.0156. The average Bonchev–Trinajstić information content (AvgIpc) is 2.27. The van der Waals surface area contributed by atoms with Crippen LogP contribution in [0.1, 0.15) is 33.1 Å². The van der Waals surface area contributed by atoms with E-state index in [2.05, 4.69) is 19.2 Å². The summed E-state index contributed by atoms with van der Waals surface area (Å²) in [5, 5.41) is 3.51. The third-order valence-corrected chi connectivity index (χ3v) is 3.22. The van der Waals surface area contributed by atoms with Crippen LogP contribution in [0, 0.1) is 0 Å². The zero-order valence-corrected chi connectivity index (χ0v) is 9.64. The maximum atomic E-state index is 5.63. The van der Waals surface area contributed by atoms with Crippen molar-refractivity contribution < 1.29 is 9.47 Å². The Morgan fingerprint density at radius 1 is 1.43 bits per heavy atom. The molecule has 1 N–H and O–H groups in total. The highest BCUT2D eigenvalue weighted by molar-refractivity contribution is 4.86. The molecule has 1 heterocycles. The molecular weight excluding hydrogens is 178 g/mol. The van der Waals surface area contributed by atoms with Crippen LogP contribution in [0.2, 0.25) is 0 Å². The van der Waals surface area contributed by atoms with Crippen molar-refractivity contribution in [2.24, 2.45) is 0 Å². The Balaban J connectivity index is 2.36. The third-order valence-electron chi connectivity index (χ3n) is 3.22. The van der Waals surface area contributed by atoms with Crippen LogP contribution in [0.15, 0.2) is 0 Å². The van der Waals surface area contributed by atoms with Crippen molar-refractivity contribution in [1.82, 2.24) is 5.32 Å². The topological polar surface area (TPSA) is 30.5 Å². The van der Waals surface area contributed by atoms with Crippen molar-refractivity contribution in [2.75, 3.05) is 26.9 Å². The summed E-state index contributed by atoms with van der Waals surface area (Å²) < 4.78 is 11.0. The summed E-state index contributed by atoms with van der Waals surface area (Å²) in [6.45, 7) is 7.01. The Hall–Kier alpha value is -0.120. The van der Waals surface area contributed by atoms with Gasteiger partial charge >= 0.3 is 0 Å². The summed E-state index contributed by atoms with van der Waals surface area (Å²) in [6.07, 6.45) is 3.18. The standard InChI is InChI=1S/C11H23NO2/c1-4-10(2)12-9-11(13-3)5-7-14-8-6-11/h10,12H,4-9H2,1-3H3. The summed E-state index contributed by atoms with van der Waals surface area (Å²) in [4.78, 5) is 0. The van der Waals surface area contributed by atoms with Gasteiger partial charge in [0.05, 0.1) is 5.60 Å². The maximum Gasteiger partial charge on any atom is 0.0846 e. The van der Waals surface area contributed by atoms with Gasteiger partial charge in [-0.25, -0.2) is 0 Å². The Labute approximate surface area is 87.2 Å². The van der Waals surface area contributed by atoms with Gasteiger partial charge in [-0.2, -0.15) is 0 Å². The molecule has 0 bridgehead atoms. The predicted molar refractivity (Wildman–Crippen MR) is 57.5 cm³/mol. The summed E-state index contributed by atoms with van der Waals surface area (Å²) in [6, 6.07) is 0.574. The average molecular weight is 201 g/mol. The van der Waals surface area contributed by atoms with Crippen molar-refractivity contribution in [1.29, 1.82) is 0 Å². The van der Waals surface area contributed by atoms with Gasteiger partial charge in [0.1, 0.15) is 0 Å². The number of methoxy groups -OCH3 is 1. The molecule has 1 atom stereocenters. The fourth-order valence-electron chi connectivity index (χ4n) is 1.70. The van der Waals surface area contributed by atoms with E-state index in [0.717, 1.165) is 39.0 Å². The molecule has 0 spiro atoms. The molecule has 1 aliphatic heterocycles. The molecule has 3 nitrogen and oxygen atoms in total. The van der Waals surface area contributed by atoms with Gasteiger partial charge in [0.2, 0.25) is 0 Å². The lowest BCUT2D eigenvalue weighted by Gasteiger charge is -2.36. The molecule has 0 aliphatic carbocycles. The highest BCUT2D eigenvalue weighted by Gasteiger charge is 2.32. The molecule has 1 rings (SSSR count). The summed E-state index contributed by atoms with van der Waals surface area (Å²) in [5.41, 5.74) is 0.0156. The van der Waals surface area contributed by atoms with Crippen LogP contribution >= 0.6 is 0 Å². The fraction of sp³-hybridized carbons (Fsp3) is 1.00. The monoisotopic (exact) mass is 201 g/mol. The van der Waals surface area contributed by atoms with E-state index in [1.165, 1.54) is 0 Å². The smallest absolute Gasteiger partial charge is 0.0846 e. The quantitative estimate of drug-likeness (QED) is 0.732. The molecule has 14 heavy (non-hydrogen) atoms. The van der Waals surface area contributed by atoms with Gasteiger partial charge in [0, 0.05) is 45.8 Å². The minimum absolute atomic E-state index is 0.0156. The van der Waals surface area contributed by atoms with Crippen molar-refractivity contribution in [3.8, 4) is 0 Å². The van der Waals surface area contributed by atoms with Crippen LogP contribution < -0.4 is 5.32 Å². The van der Waals surface area contributed by atoms with Crippen LogP contribution in [-0.2, 0) is 9.47 Å². The maximum absolute atomic E-state index is 5.63. The van der Waals surface area contributed by atoms with Gasteiger partial charge in [-0.05, 0) is 13.3 Å². The van der Waals surface area contributed by atoms with E-state index in [9.17, 15) is 0 Å². The Bertz CT molecular complexity index is 155. The van der Waals surface area contributed by atoms with Gasteiger partial charge in [0.25, 0.3) is 0 Å². The molecule has 0 amide bonds. The van der Waals surface area contributed by atoms with E-state index in [4.69, 9.17) is 9.47 Å². The zero-order valence-electron chi connectivity index (χ0n) is 9.64. The third kappa shape index (κ3) is 3.23. The van der Waals surface area contributed by atoms with Crippen molar-refractivity contribution in [3.05, 3.63) is 0 Å². The van der Waals surface area contributed by atoms with Gasteiger partial charge < -0.3 is 14.8 Å². The molecular formula is C11H23NO2. The van der Waals surface area contributed by atoms with Crippen LogP contribution in [0.25, 0.3) is 0 Å². The van der Waals surface area contributed by atoms with Crippen molar-refractivity contribution in [2.45, 2.75) is 44.8 Å². The van der Waals surface area contributed by atoms with Gasteiger partial charge in [-0.1, -0.05) is 6.92 Å². The normalized spacial score (nSPS) is 23.4. The van der Waals surface area contributed by atoms with Gasteiger partial charge in [-0.3, -0.25) is 0 Å². The molecule has 84 valence electrons. The van der Waals surface area contributed by atoms with E-state index >= 15 is 0 Å². The zero-order chi connectivity index (χ0) is 10.4. The highest BCUT2D eigenvalue weighted by Crippen LogP contribution is 2.23. The first-order valence-electron chi connectivity index (χ1n) is 5.59. The van der Waals surface area contributed by atoms with Crippen molar-refractivity contribution in [3.63, 3.8) is 0 Å². The summed E-state index contributed by atoms with van der Waals surface area (Å²) in [5.74, 6) is 0. The molecule has 0 aromatic rings. The van der Waals surface area contributed by atoms with Crippen LogP contribution in [0.4, 0.5) is 0 Å². The minimum Gasteiger partial charge on any atom is -0.381 e. The van der Waals surface area contributed by atoms with E-state index in [-0.39, 0.29) is 5.60 Å². The lowest BCUT2D eigenvalue weighted by atomic mass is 9.93. The second kappa shape index (κ2) is 5.69. The summed E-state index contributed by atoms with van der Waals surface area (Å²) >= 11 is 0. The fourth-order valence-corrected chi connectivity index (χ4v) is 1.70. The molecule has 1 unspecified atom stereocenters. The Morgan fingerprint density at radius 3 is 2.57 bits per heavy atom. The molecule has 1 saturated heterocycles. The second-order valence-corrected chi connectivity index (χ2v) is 4.19. The molecule has 3 heteroatoms. The van der Waals surface area contributed by atoms with Crippen molar-refractivity contribution >= 4 is 0 Å². The largest absolute Gasteiger partial charge is 0.381 e. The van der Waals surface area contributed by atoms with Crippen LogP contribution in [0.3, 0.4) is 0 Å². The molecule has 0 radical (unpaired) electrons. The van der Waals surface area contributed by atoms with Crippen LogP contribution in [-0.4, -0.2) is 38.5 Å². The first kappa shape index (κ1) is 12.0. The SMILES string of the molecule is CCC(C)NCC1(OC)CCOCC1. The molecule has 0 aromatic carbocycles. The number of hydrogen-bond acceptors (Lipinski definition) is 3. The van der Waals surface area contributed by atoms with Gasteiger partial charge in [0.15, 0.2) is 0 Å². The first-order chi connectivity index (χ1) is 6.72. The lowest BCUT2D eigenvalue weighted by Crippen LogP contribution is -2.48. The highest BCUT2D eigenvalue weighted by atomic mass is 16.5. The summed E-state index contributed by atoms with van der Waals surface area (Å²) in [7, 11) is 1.81. The second-order valence-electron chi connectivity index (χ2n) is 4.19. The van der Waals surface area contributed by atoms with E-state index in [0.29, 0.717) is 6.04 Å². The lowest BCUT2D eigenvalue weighted by molar-refractivity contribution is -0.0885. The van der Waals surface area contributed by atoms with E-state index < -0.39 is 0 Å². The van der Waals surface area contributed by atoms with E-state index in [1.807, 2.05) is 7.11 Å². The first-order valence-corrected chi connectivity index (χ1v) is 5.59. The molecule has 0 aromatic heterocycles. The molecule has 1 fully saturated rings. The Kier molecular flexibility index (Phi) is 4.85. The Morgan fingerprint density at radius 2 is 2.07 bits per heavy atom. The van der Waals surface area contributed by atoms with E-state index in [1.54, 1.807) is 0 Å². The molecule has 1 aliphatic rings. The predicted octanol–water partition coefficient (Wildman–Crippen LogP) is 1.57. The number of rotatable bonds is 5. The number of hydrogen-bond donors (Lipinski definition) is 1.